The predicted molar refractivity (Wildman–Crippen MR) is 111 cm³/mol. The normalized spacial score (nSPS) is 11.5. The zero-order chi connectivity index (χ0) is 20.4. The summed E-state index contributed by atoms with van der Waals surface area (Å²) in [7, 11) is 0. The molecule has 1 atom stereocenters. The number of unbranched alkanes of at least 4 members (excludes halogenated alkanes) is 1. The number of carbonyl (C=O) groups is 2. The Balaban J connectivity index is 2.06. The zero-order valence-corrected chi connectivity index (χ0v) is 17.0. The molecule has 0 aromatic heterocycles. The Labute approximate surface area is 167 Å². The van der Waals surface area contributed by atoms with Crippen LogP contribution in [0.5, 0.6) is 5.75 Å². The Bertz CT molecular complexity index is 744. The number of carbonyl (C=O) groups excluding carboxylic acids is 2. The summed E-state index contributed by atoms with van der Waals surface area (Å²) >= 11 is 0. The second-order valence-corrected chi connectivity index (χ2v) is 6.93. The van der Waals surface area contributed by atoms with E-state index in [-0.39, 0.29) is 18.4 Å². The van der Waals surface area contributed by atoms with Gasteiger partial charge in [-0.25, -0.2) is 0 Å². The monoisotopic (exact) mass is 382 g/mol. The molecule has 2 aromatic rings. The first-order valence-electron chi connectivity index (χ1n) is 9.81. The topological polar surface area (TPSA) is 58.6 Å². The van der Waals surface area contributed by atoms with E-state index in [9.17, 15) is 9.59 Å². The molecule has 0 aliphatic heterocycles. The summed E-state index contributed by atoms with van der Waals surface area (Å²) in [6.45, 7) is 6.70. The van der Waals surface area contributed by atoms with Gasteiger partial charge < -0.3 is 15.0 Å². The SMILES string of the molecule is CCCCNC(=O)[C@@H](C)N(Cc1ccccc1)C(=O)COc1ccc(C)cc1. The first kappa shape index (κ1) is 21.5. The maximum Gasteiger partial charge on any atom is 0.261 e. The van der Waals surface area contributed by atoms with Crippen molar-refractivity contribution < 1.29 is 14.3 Å². The van der Waals surface area contributed by atoms with E-state index in [4.69, 9.17) is 4.74 Å². The Hall–Kier alpha value is -2.82. The minimum atomic E-state index is -0.578. The van der Waals surface area contributed by atoms with Gasteiger partial charge in [-0.1, -0.05) is 61.4 Å². The van der Waals surface area contributed by atoms with Crippen molar-refractivity contribution in [3.63, 3.8) is 0 Å². The zero-order valence-electron chi connectivity index (χ0n) is 17.0. The van der Waals surface area contributed by atoms with Crippen molar-refractivity contribution in [1.82, 2.24) is 10.2 Å². The molecule has 0 saturated heterocycles. The number of nitrogens with zero attached hydrogens (tertiary/aromatic N) is 1. The van der Waals surface area contributed by atoms with Crippen LogP contribution in [0.15, 0.2) is 54.6 Å². The van der Waals surface area contributed by atoms with Crippen LogP contribution in [0.3, 0.4) is 0 Å². The third kappa shape index (κ3) is 6.72. The summed E-state index contributed by atoms with van der Waals surface area (Å²) < 4.78 is 5.65. The van der Waals surface area contributed by atoms with Crippen LogP contribution in [-0.2, 0) is 16.1 Å². The van der Waals surface area contributed by atoms with Crippen molar-refractivity contribution in [3.8, 4) is 5.75 Å². The Morgan fingerprint density at radius 1 is 1.07 bits per heavy atom. The van der Waals surface area contributed by atoms with E-state index in [0.29, 0.717) is 18.8 Å². The molecule has 0 fully saturated rings. The summed E-state index contributed by atoms with van der Waals surface area (Å²) in [4.78, 5) is 27.0. The standard InChI is InChI=1S/C23H30N2O3/c1-4-5-15-24-23(27)19(3)25(16-20-9-7-6-8-10-20)22(26)17-28-21-13-11-18(2)12-14-21/h6-14,19H,4-5,15-17H2,1-3H3,(H,24,27)/t19-/m1/s1. The van der Waals surface area contributed by atoms with Crippen molar-refractivity contribution in [2.75, 3.05) is 13.2 Å². The lowest BCUT2D eigenvalue weighted by molar-refractivity contribution is -0.142. The quantitative estimate of drug-likeness (QED) is 0.637. The van der Waals surface area contributed by atoms with Crippen LogP contribution in [0, 0.1) is 6.92 Å². The predicted octanol–water partition coefficient (Wildman–Crippen LogP) is 3.71. The Morgan fingerprint density at radius 3 is 2.39 bits per heavy atom. The van der Waals surface area contributed by atoms with Crippen molar-refractivity contribution in [2.45, 2.75) is 46.2 Å². The van der Waals surface area contributed by atoms with E-state index >= 15 is 0 Å². The molecule has 2 amide bonds. The molecule has 1 N–H and O–H groups in total. The fourth-order valence-electron chi connectivity index (χ4n) is 2.76. The van der Waals surface area contributed by atoms with Crippen LogP contribution in [-0.4, -0.2) is 35.9 Å². The second kappa shape index (κ2) is 11.1. The molecule has 0 saturated carbocycles. The average Bonchev–Trinajstić information content (AvgIpc) is 2.71. The van der Waals surface area contributed by atoms with E-state index in [2.05, 4.69) is 12.2 Å². The number of rotatable bonds is 10. The number of hydrogen-bond acceptors (Lipinski definition) is 3. The van der Waals surface area contributed by atoms with Crippen LogP contribution in [0.1, 0.15) is 37.8 Å². The maximum absolute atomic E-state index is 12.9. The minimum absolute atomic E-state index is 0.109. The lowest BCUT2D eigenvalue weighted by Gasteiger charge is -2.28. The largest absolute Gasteiger partial charge is 0.484 e. The average molecular weight is 383 g/mol. The van der Waals surface area contributed by atoms with Gasteiger partial charge in [0.1, 0.15) is 11.8 Å². The number of nitrogens with one attached hydrogen (secondary N) is 1. The van der Waals surface area contributed by atoms with Crippen molar-refractivity contribution >= 4 is 11.8 Å². The Morgan fingerprint density at radius 2 is 1.75 bits per heavy atom. The van der Waals surface area contributed by atoms with Crippen LogP contribution >= 0.6 is 0 Å². The van der Waals surface area contributed by atoms with Gasteiger partial charge >= 0.3 is 0 Å². The highest BCUT2D eigenvalue weighted by atomic mass is 16.5. The van der Waals surface area contributed by atoms with E-state index in [1.807, 2.05) is 61.5 Å². The third-order valence-corrected chi connectivity index (χ3v) is 4.58. The maximum atomic E-state index is 12.9. The molecule has 0 heterocycles. The lowest BCUT2D eigenvalue weighted by atomic mass is 10.1. The van der Waals surface area contributed by atoms with Gasteiger partial charge in [-0.05, 0) is 38.0 Å². The van der Waals surface area contributed by atoms with Crippen molar-refractivity contribution in [1.29, 1.82) is 0 Å². The second-order valence-electron chi connectivity index (χ2n) is 6.93. The number of hydrogen-bond donors (Lipinski definition) is 1. The molecule has 0 aliphatic rings. The van der Waals surface area contributed by atoms with Crippen LogP contribution in [0.2, 0.25) is 0 Å². The highest BCUT2D eigenvalue weighted by molar-refractivity contribution is 5.87. The number of amides is 2. The Kier molecular flexibility index (Phi) is 8.53. The summed E-state index contributed by atoms with van der Waals surface area (Å²) in [6, 6.07) is 16.6. The molecule has 28 heavy (non-hydrogen) atoms. The summed E-state index contributed by atoms with van der Waals surface area (Å²) in [5.74, 6) is 0.272. The van der Waals surface area contributed by atoms with Gasteiger partial charge in [0.05, 0.1) is 0 Å². The molecule has 2 rings (SSSR count). The summed E-state index contributed by atoms with van der Waals surface area (Å²) in [6.07, 6.45) is 1.92. The molecule has 0 unspecified atom stereocenters. The van der Waals surface area contributed by atoms with Crippen molar-refractivity contribution in [3.05, 3.63) is 65.7 Å². The summed E-state index contributed by atoms with van der Waals surface area (Å²) in [5.41, 5.74) is 2.10. The van der Waals surface area contributed by atoms with E-state index in [0.717, 1.165) is 24.0 Å². The van der Waals surface area contributed by atoms with E-state index in [1.165, 1.54) is 0 Å². The number of ether oxygens (including phenoxy) is 1. The van der Waals surface area contributed by atoms with Gasteiger partial charge in [-0.2, -0.15) is 0 Å². The van der Waals surface area contributed by atoms with Crippen LogP contribution in [0.25, 0.3) is 0 Å². The van der Waals surface area contributed by atoms with Gasteiger partial charge in [0.15, 0.2) is 6.61 Å². The fourth-order valence-corrected chi connectivity index (χ4v) is 2.76. The first-order valence-corrected chi connectivity index (χ1v) is 9.81. The van der Waals surface area contributed by atoms with Gasteiger partial charge in [-0.3, -0.25) is 9.59 Å². The van der Waals surface area contributed by atoms with E-state index in [1.54, 1.807) is 11.8 Å². The molecule has 0 spiro atoms. The molecular formula is C23H30N2O3. The molecule has 5 nitrogen and oxygen atoms in total. The molecule has 2 aromatic carbocycles. The first-order chi connectivity index (χ1) is 13.5. The van der Waals surface area contributed by atoms with Crippen LogP contribution < -0.4 is 10.1 Å². The summed E-state index contributed by atoms with van der Waals surface area (Å²) in [5, 5.41) is 2.91. The lowest BCUT2D eigenvalue weighted by Crippen LogP contribution is -2.49. The molecular weight excluding hydrogens is 352 g/mol. The molecule has 5 heteroatoms. The highest BCUT2D eigenvalue weighted by Crippen LogP contribution is 2.13. The smallest absolute Gasteiger partial charge is 0.261 e. The third-order valence-electron chi connectivity index (χ3n) is 4.58. The van der Waals surface area contributed by atoms with Crippen molar-refractivity contribution in [2.24, 2.45) is 0 Å². The molecule has 0 bridgehead atoms. The van der Waals surface area contributed by atoms with E-state index < -0.39 is 6.04 Å². The number of aryl methyl sites for hydroxylation is 1. The molecule has 150 valence electrons. The van der Waals surface area contributed by atoms with Gasteiger partial charge in [0.25, 0.3) is 5.91 Å². The highest BCUT2D eigenvalue weighted by Gasteiger charge is 2.26. The minimum Gasteiger partial charge on any atom is -0.484 e. The molecule has 0 aliphatic carbocycles. The van der Waals surface area contributed by atoms with Gasteiger partial charge in [0.2, 0.25) is 5.91 Å². The molecule has 0 radical (unpaired) electrons. The van der Waals surface area contributed by atoms with Gasteiger partial charge in [0, 0.05) is 13.1 Å². The van der Waals surface area contributed by atoms with Crippen LogP contribution in [0.4, 0.5) is 0 Å². The van der Waals surface area contributed by atoms with Gasteiger partial charge in [-0.15, -0.1) is 0 Å². The fraction of sp³-hybridized carbons (Fsp3) is 0.391. The number of benzene rings is 2.